The maximum Gasteiger partial charge on any atom is 0.262 e. The third-order valence-electron chi connectivity index (χ3n) is 4.80. The van der Waals surface area contributed by atoms with Crippen LogP contribution in [0.1, 0.15) is 5.56 Å². The Labute approximate surface area is 147 Å². The van der Waals surface area contributed by atoms with Gasteiger partial charge in [-0.15, -0.1) is 0 Å². The largest absolute Gasteiger partial charge is 0.297 e. The molecule has 0 unspecified atom stereocenters. The Bertz CT molecular complexity index is 898. The predicted octanol–water partition coefficient (Wildman–Crippen LogP) is 2.17. The lowest BCUT2D eigenvalue weighted by atomic mass is 10.2. The van der Waals surface area contributed by atoms with E-state index in [1.54, 1.807) is 10.9 Å². The Kier molecular flexibility index (Phi) is 4.59. The second kappa shape index (κ2) is 7.17. The van der Waals surface area contributed by atoms with Crippen LogP contribution >= 0.6 is 0 Å². The van der Waals surface area contributed by atoms with E-state index < -0.39 is 0 Å². The Balaban J connectivity index is 1.39. The van der Waals surface area contributed by atoms with Gasteiger partial charge in [0, 0.05) is 32.7 Å². The highest BCUT2D eigenvalue weighted by Gasteiger charge is 2.17. The maximum atomic E-state index is 12.6. The zero-order valence-corrected chi connectivity index (χ0v) is 14.2. The number of fused-ring (bicyclic) bond motifs is 1. The summed E-state index contributed by atoms with van der Waals surface area (Å²) < 4.78 is 1.72. The van der Waals surface area contributed by atoms with Gasteiger partial charge in [0.15, 0.2) is 0 Å². The number of aromatic nitrogens is 2. The van der Waals surface area contributed by atoms with E-state index in [2.05, 4.69) is 45.1 Å². The van der Waals surface area contributed by atoms with E-state index in [-0.39, 0.29) is 5.56 Å². The van der Waals surface area contributed by atoms with Crippen LogP contribution in [0.5, 0.6) is 0 Å². The molecule has 4 rings (SSSR count). The van der Waals surface area contributed by atoms with Crippen LogP contribution in [0.3, 0.4) is 0 Å². The standard InChI is InChI=1S/C20H22N4O/c25-20-18-8-4-5-9-19(18)21-15-24(20)16-23-12-10-22(11-13-23)14-17-6-2-1-3-7-17/h1-9,15H,10-14,16H2. The van der Waals surface area contributed by atoms with Crippen LogP contribution in [0, 0.1) is 0 Å². The normalized spacial score (nSPS) is 16.3. The van der Waals surface area contributed by atoms with E-state index in [1.807, 2.05) is 24.3 Å². The first-order chi connectivity index (χ1) is 12.3. The summed E-state index contributed by atoms with van der Waals surface area (Å²) in [6, 6.07) is 18.1. The molecular weight excluding hydrogens is 312 g/mol. The van der Waals surface area contributed by atoms with Crippen molar-refractivity contribution in [3.05, 3.63) is 76.8 Å². The van der Waals surface area contributed by atoms with E-state index >= 15 is 0 Å². The molecule has 0 aliphatic carbocycles. The molecule has 5 heteroatoms. The molecule has 0 amide bonds. The van der Waals surface area contributed by atoms with Crippen LogP contribution in [0.4, 0.5) is 0 Å². The van der Waals surface area contributed by atoms with Crippen LogP contribution < -0.4 is 5.56 Å². The van der Waals surface area contributed by atoms with Crippen molar-refractivity contribution in [2.75, 3.05) is 26.2 Å². The van der Waals surface area contributed by atoms with Crippen molar-refractivity contribution < 1.29 is 0 Å². The monoisotopic (exact) mass is 334 g/mol. The highest BCUT2D eigenvalue weighted by Crippen LogP contribution is 2.09. The lowest BCUT2D eigenvalue weighted by Gasteiger charge is -2.34. The van der Waals surface area contributed by atoms with E-state index in [4.69, 9.17) is 0 Å². The highest BCUT2D eigenvalue weighted by molar-refractivity contribution is 5.76. The van der Waals surface area contributed by atoms with Gasteiger partial charge < -0.3 is 0 Å². The predicted molar refractivity (Wildman–Crippen MR) is 99.3 cm³/mol. The Hall–Kier alpha value is -2.50. The fourth-order valence-electron chi connectivity index (χ4n) is 3.35. The molecule has 0 N–H and O–H groups in total. The van der Waals surface area contributed by atoms with Gasteiger partial charge in [-0.2, -0.15) is 0 Å². The second-order valence-corrected chi connectivity index (χ2v) is 6.56. The van der Waals surface area contributed by atoms with Gasteiger partial charge in [0.25, 0.3) is 5.56 Å². The molecule has 1 aromatic heterocycles. The van der Waals surface area contributed by atoms with Crippen molar-refractivity contribution in [2.45, 2.75) is 13.2 Å². The average molecular weight is 334 g/mol. The molecule has 0 radical (unpaired) electrons. The van der Waals surface area contributed by atoms with Gasteiger partial charge in [0.05, 0.1) is 23.9 Å². The van der Waals surface area contributed by atoms with Crippen molar-refractivity contribution in [1.29, 1.82) is 0 Å². The van der Waals surface area contributed by atoms with E-state index in [0.29, 0.717) is 12.1 Å². The number of para-hydroxylation sites is 1. The summed E-state index contributed by atoms with van der Waals surface area (Å²) in [5.41, 5.74) is 2.15. The lowest BCUT2D eigenvalue weighted by molar-refractivity contribution is 0.102. The number of hydrogen-bond acceptors (Lipinski definition) is 4. The molecule has 0 bridgehead atoms. The molecule has 25 heavy (non-hydrogen) atoms. The maximum absolute atomic E-state index is 12.6. The Morgan fingerprint density at radius 2 is 1.52 bits per heavy atom. The summed E-state index contributed by atoms with van der Waals surface area (Å²) in [5.74, 6) is 0. The fourth-order valence-corrected chi connectivity index (χ4v) is 3.35. The minimum Gasteiger partial charge on any atom is -0.297 e. The molecule has 0 atom stereocenters. The number of hydrogen-bond donors (Lipinski definition) is 0. The van der Waals surface area contributed by atoms with Gasteiger partial charge >= 0.3 is 0 Å². The fraction of sp³-hybridized carbons (Fsp3) is 0.300. The van der Waals surface area contributed by atoms with Crippen molar-refractivity contribution in [2.24, 2.45) is 0 Å². The first kappa shape index (κ1) is 16.0. The van der Waals surface area contributed by atoms with Gasteiger partial charge in [0.1, 0.15) is 0 Å². The number of benzene rings is 2. The van der Waals surface area contributed by atoms with Crippen molar-refractivity contribution in [1.82, 2.24) is 19.4 Å². The van der Waals surface area contributed by atoms with Gasteiger partial charge in [-0.25, -0.2) is 4.98 Å². The van der Waals surface area contributed by atoms with E-state index in [9.17, 15) is 4.79 Å². The number of nitrogens with zero attached hydrogens (tertiary/aromatic N) is 4. The third kappa shape index (κ3) is 3.62. The Morgan fingerprint density at radius 1 is 0.840 bits per heavy atom. The third-order valence-corrected chi connectivity index (χ3v) is 4.80. The van der Waals surface area contributed by atoms with E-state index in [1.165, 1.54) is 5.56 Å². The van der Waals surface area contributed by atoms with E-state index in [0.717, 1.165) is 38.2 Å². The highest BCUT2D eigenvalue weighted by atomic mass is 16.1. The molecule has 1 saturated heterocycles. The lowest BCUT2D eigenvalue weighted by Crippen LogP contribution is -2.47. The van der Waals surface area contributed by atoms with Gasteiger partial charge in [-0.3, -0.25) is 19.2 Å². The van der Waals surface area contributed by atoms with Gasteiger partial charge in [0.2, 0.25) is 0 Å². The SMILES string of the molecule is O=c1c2ccccc2ncn1CN1CCN(Cc2ccccc2)CC1. The average Bonchev–Trinajstić information content (AvgIpc) is 2.67. The molecule has 1 aliphatic heterocycles. The number of piperazine rings is 1. The zero-order chi connectivity index (χ0) is 17.1. The summed E-state index contributed by atoms with van der Waals surface area (Å²) >= 11 is 0. The molecular formula is C20H22N4O. The number of rotatable bonds is 4. The summed E-state index contributed by atoms with van der Waals surface area (Å²) in [5, 5.41) is 0.688. The van der Waals surface area contributed by atoms with Crippen molar-refractivity contribution in [3.8, 4) is 0 Å². The first-order valence-corrected chi connectivity index (χ1v) is 8.72. The Morgan fingerprint density at radius 3 is 2.32 bits per heavy atom. The van der Waals surface area contributed by atoms with Crippen molar-refractivity contribution in [3.63, 3.8) is 0 Å². The zero-order valence-electron chi connectivity index (χ0n) is 14.2. The quantitative estimate of drug-likeness (QED) is 0.733. The summed E-state index contributed by atoms with van der Waals surface area (Å²) in [6.45, 7) is 5.56. The topological polar surface area (TPSA) is 41.4 Å². The van der Waals surface area contributed by atoms with Crippen LogP contribution in [0.15, 0.2) is 65.7 Å². The summed E-state index contributed by atoms with van der Waals surface area (Å²) in [6.07, 6.45) is 1.67. The van der Waals surface area contributed by atoms with Gasteiger partial charge in [-0.1, -0.05) is 42.5 Å². The van der Waals surface area contributed by atoms with Crippen LogP contribution in [0.25, 0.3) is 10.9 Å². The summed E-state index contributed by atoms with van der Waals surface area (Å²) in [7, 11) is 0. The second-order valence-electron chi connectivity index (χ2n) is 6.56. The minimum atomic E-state index is 0.0392. The van der Waals surface area contributed by atoms with Crippen LogP contribution in [-0.4, -0.2) is 45.5 Å². The minimum absolute atomic E-state index is 0.0392. The molecule has 1 aliphatic rings. The molecule has 2 aromatic carbocycles. The molecule has 2 heterocycles. The molecule has 1 fully saturated rings. The smallest absolute Gasteiger partial charge is 0.262 e. The molecule has 128 valence electrons. The first-order valence-electron chi connectivity index (χ1n) is 8.72. The summed E-state index contributed by atoms with van der Waals surface area (Å²) in [4.78, 5) is 21.8. The molecule has 0 spiro atoms. The molecule has 0 saturated carbocycles. The van der Waals surface area contributed by atoms with Crippen molar-refractivity contribution >= 4 is 10.9 Å². The van der Waals surface area contributed by atoms with Crippen LogP contribution in [0.2, 0.25) is 0 Å². The molecule has 5 nitrogen and oxygen atoms in total. The molecule has 3 aromatic rings. The van der Waals surface area contributed by atoms with Gasteiger partial charge in [-0.05, 0) is 17.7 Å². The van der Waals surface area contributed by atoms with Crippen LogP contribution in [-0.2, 0) is 13.2 Å².